The van der Waals surface area contributed by atoms with E-state index in [1.54, 1.807) is 0 Å². The first kappa shape index (κ1) is 9.82. The molecule has 0 radical (unpaired) electrons. The number of cyclic esters (lactones) is 1. The molecule has 0 unspecified atom stereocenters. The first-order valence-corrected chi connectivity index (χ1v) is 4.16. The second kappa shape index (κ2) is 3.45. The number of amides is 1. The molecule has 80 valence electrons. The summed E-state index contributed by atoms with van der Waals surface area (Å²) < 4.78 is 43.7. The summed E-state index contributed by atoms with van der Waals surface area (Å²) in [4.78, 5) is 10.7. The molecule has 1 N–H and O–H groups in total. The van der Waals surface area contributed by atoms with E-state index in [0.29, 0.717) is 6.07 Å². The van der Waals surface area contributed by atoms with Crippen molar-refractivity contribution in [3.63, 3.8) is 0 Å². The number of carbonyl (C=O) groups excluding carboxylic acids is 1. The van der Waals surface area contributed by atoms with Gasteiger partial charge in [-0.25, -0.2) is 18.0 Å². The maximum atomic E-state index is 13.2. The molecule has 1 atom stereocenters. The van der Waals surface area contributed by atoms with E-state index in [1.165, 1.54) is 0 Å². The van der Waals surface area contributed by atoms with Crippen LogP contribution in [0.4, 0.5) is 18.0 Å². The number of nitrogens with one attached hydrogen (secondary N) is 1. The molecule has 0 aromatic heterocycles. The molecule has 1 saturated heterocycles. The minimum absolute atomic E-state index is 0.212. The second-order valence-electron chi connectivity index (χ2n) is 3.05. The quantitative estimate of drug-likeness (QED) is 0.729. The normalized spacial score (nSPS) is 19.9. The molecule has 2 rings (SSSR count). The van der Waals surface area contributed by atoms with E-state index in [-0.39, 0.29) is 6.61 Å². The zero-order valence-corrected chi connectivity index (χ0v) is 7.39. The number of hydrogen-bond acceptors (Lipinski definition) is 2. The minimum atomic E-state index is -1.30. The highest BCUT2D eigenvalue weighted by atomic mass is 19.2. The van der Waals surface area contributed by atoms with Gasteiger partial charge in [0.2, 0.25) is 0 Å². The van der Waals surface area contributed by atoms with Crippen molar-refractivity contribution < 1.29 is 22.7 Å². The number of alkyl carbamates (subject to hydrolysis) is 1. The minimum Gasteiger partial charge on any atom is -0.447 e. The predicted molar refractivity (Wildman–Crippen MR) is 43.5 cm³/mol. The Kier molecular flexibility index (Phi) is 2.26. The van der Waals surface area contributed by atoms with Crippen LogP contribution in [-0.4, -0.2) is 12.7 Å². The molecular weight excluding hydrogens is 211 g/mol. The number of ether oxygens (including phenoxy) is 1. The molecule has 1 aliphatic heterocycles. The Labute approximate surface area is 82.8 Å². The lowest BCUT2D eigenvalue weighted by molar-refractivity contribution is 0.176. The first-order valence-electron chi connectivity index (χ1n) is 4.16. The monoisotopic (exact) mass is 217 g/mol. The zero-order chi connectivity index (χ0) is 11.0. The summed E-state index contributed by atoms with van der Waals surface area (Å²) >= 11 is 0. The first-order chi connectivity index (χ1) is 7.09. The Morgan fingerprint density at radius 2 is 1.93 bits per heavy atom. The maximum Gasteiger partial charge on any atom is 0.407 e. The van der Waals surface area contributed by atoms with Crippen LogP contribution < -0.4 is 5.32 Å². The third-order valence-electron chi connectivity index (χ3n) is 2.10. The average Bonchev–Trinajstić information content (AvgIpc) is 2.59. The molecule has 0 aliphatic carbocycles. The van der Waals surface area contributed by atoms with Crippen LogP contribution in [0.2, 0.25) is 0 Å². The van der Waals surface area contributed by atoms with E-state index in [9.17, 15) is 18.0 Å². The molecule has 0 spiro atoms. The molecule has 1 fully saturated rings. The Bertz CT molecular complexity index is 422. The third-order valence-corrected chi connectivity index (χ3v) is 2.10. The van der Waals surface area contributed by atoms with Gasteiger partial charge in [0.05, 0.1) is 11.6 Å². The average molecular weight is 217 g/mol. The van der Waals surface area contributed by atoms with Gasteiger partial charge in [-0.3, -0.25) is 0 Å². The Morgan fingerprint density at radius 3 is 2.53 bits per heavy atom. The van der Waals surface area contributed by atoms with Crippen molar-refractivity contribution in [2.75, 3.05) is 6.61 Å². The lowest BCUT2D eigenvalue weighted by Crippen LogP contribution is -2.21. The largest absolute Gasteiger partial charge is 0.447 e. The smallest absolute Gasteiger partial charge is 0.407 e. The highest BCUT2D eigenvalue weighted by Crippen LogP contribution is 2.25. The van der Waals surface area contributed by atoms with Crippen LogP contribution in [0.5, 0.6) is 0 Å². The van der Waals surface area contributed by atoms with Gasteiger partial charge in [-0.15, -0.1) is 0 Å². The maximum absolute atomic E-state index is 13.2. The fourth-order valence-electron chi connectivity index (χ4n) is 1.40. The standard InChI is InChI=1S/C9H6F3NO2/c10-4-1-2-5(11)8(12)7(4)6-3-15-9(14)13-6/h1-2,6H,3H2,(H,13,14)/t6-/m0/s1. The molecule has 0 bridgehead atoms. The van der Waals surface area contributed by atoms with E-state index in [1.807, 2.05) is 0 Å². The van der Waals surface area contributed by atoms with Gasteiger partial charge in [0, 0.05) is 0 Å². The van der Waals surface area contributed by atoms with E-state index in [2.05, 4.69) is 10.1 Å². The summed E-state index contributed by atoms with van der Waals surface area (Å²) in [6.45, 7) is -0.212. The number of carbonyl (C=O) groups is 1. The number of rotatable bonds is 1. The van der Waals surface area contributed by atoms with E-state index < -0.39 is 35.2 Å². The molecule has 0 saturated carbocycles. The van der Waals surface area contributed by atoms with Crippen LogP contribution in [0.15, 0.2) is 12.1 Å². The molecule has 15 heavy (non-hydrogen) atoms. The van der Waals surface area contributed by atoms with Crippen LogP contribution in [0, 0.1) is 17.5 Å². The molecule has 1 heterocycles. The van der Waals surface area contributed by atoms with Crippen molar-refractivity contribution in [2.45, 2.75) is 6.04 Å². The Hall–Kier alpha value is -1.72. The molecule has 1 aliphatic rings. The van der Waals surface area contributed by atoms with Gasteiger partial charge in [0.25, 0.3) is 0 Å². The zero-order valence-electron chi connectivity index (χ0n) is 7.39. The van der Waals surface area contributed by atoms with Crippen LogP contribution >= 0.6 is 0 Å². The molecule has 1 aromatic rings. The van der Waals surface area contributed by atoms with Crippen LogP contribution in [0.1, 0.15) is 11.6 Å². The Morgan fingerprint density at radius 1 is 1.27 bits per heavy atom. The summed E-state index contributed by atoms with van der Waals surface area (Å²) in [6, 6.07) is 0.512. The van der Waals surface area contributed by atoms with Crippen LogP contribution in [0.3, 0.4) is 0 Å². The summed E-state index contributed by atoms with van der Waals surface area (Å²) in [7, 11) is 0. The third kappa shape index (κ3) is 1.62. The van der Waals surface area contributed by atoms with Gasteiger partial charge in [-0.2, -0.15) is 0 Å². The SMILES string of the molecule is O=C1N[C@H](c2c(F)ccc(F)c2F)CO1. The van der Waals surface area contributed by atoms with Crippen molar-refractivity contribution in [3.8, 4) is 0 Å². The van der Waals surface area contributed by atoms with E-state index in [4.69, 9.17) is 0 Å². The van der Waals surface area contributed by atoms with E-state index >= 15 is 0 Å². The van der Waals surface area contributed by atoms with Crippen LogP contribution in [-0.2, 0) is 4.74 Å². The number of halogens is 3. The lowest BCUT2D eigenvalue weighted by Gasteiger charge is -2.10. The van der Waals surface area contributed by atoms with Crippen molar-refractivity contribution in [2.24, 2.45) is 0 Å². The number of hydrogen-bond donors (Lipinski definition) is 1. The van der Waals surface area contributed by atoms with Crippen molar-refractivity contribution in [1.82, 2.24) is 5.32 Å². The highest BCUT2D eigenvalue weighted by Gasteiger charge is 2.30. The fourth-order valence-corrected chi connectivity index (χ4v) is 1.40. The molecule has 1 aromatic carbocycles. The van der Waals surface area contributed by atoms with Gasteiger partial charge in [-0.05, 0) is 12.1 Å². The predicted octanol–water partition coefficient (Wildman–Crippen LogP) is 1.88. The summed E-state index contributed by atoms with van der Waals surface area (Å²) in [5.74, 6) is -3.37. The second-order valence-corrected chi connectivity index (χ2v) is 3.05. The lowest BCUT2D eigenvalue weighted by atomic mass is 10.1. The molecule has 3 nitrogen and oxygen atoms in total. The van der Waals surface area contributed by atoms with Gasteiger partial charge >= 0.3 is 6.09 Å². The van der Waals surface area contributed by atoms with Crippen molar-refractivity contribution in [3.05, 3.63) is 35.1 Å². The highest BCUT2D eigenvalue weighted by molar-refractivity contribution is 5.70. The van der Waals surface area contributed by atoms with Gasteiger partial charge < -0.3 is 10.1 Å². The van der Waals surface area contributed by atoms with Crippen molar-refractivity contribution in [1.29, 1.82) is 0 Å². The summed E-state index contributed by atoms with van der Waals surface area (Å²) in [6.07, 6.45) is -0.775. The topological polar surface area (TPSA) is 38.3 Å². The Balaban J connectivity index is 2.43. The molecule has 6 heteroatoms. The van der Waals surface area contributed by atoms with Gasteiger partial charge in [0.1, 0.15) is 12.4 Å². The fraction of sp³-hybridized carbons (Fsp3) is 0.222. The van der Waals surface area contributed by atoms with E-state index in [0.717, 1.165) is 6.07 Å². The van der Waals surface area contributed by atoms with Gasteiger partial charge in [0.15, 0.2) is 11.6 Å². The number of benzene rings is 1. The molecule has 1 amide bonds. The summed E-state index contributed by atoms with van der Waals surface area (Å²) in [5.41, 5.74) is -0.513. The van der Waals surface area contributed by atoms with Crippen LogP contribution in [0.25, 0.3) is 0 Å². The van der Waals surface area contributed by atoms with Crippen molar-refractivity contribution >= 4 is 6.09 Å². The summed E-state index contributed by atoms with van der Waals surface area (Å²) in [5, 5.41) is 2.17. The van der Waals surface area contributed by atoms with Gasteiger partial charge in [-0.1, -0.05) is 0 Å². The molecular formula is C9H6F3NO2.